The Morgan fingerprint density at radius 3 is 1.29 bits per heavy atom. The fourth-order valence-corrected chi connectivity index (χ4v) is 1.08. The van der Waals surface area contributed by atoms with Crippen LogP contribution in [0.2, 0.25) is 0 Å². The van der Waals surface area contributed by atoms with E-state index in [1.807, 2.05) is 0 Å². The first kappa shape index (κ1) is 20.8. The summed E-state index contributed by atoms with van der Waals surface area (Å²) in [5.74, 6) is 0. The van der Waals surface area contributed by atoms with Crippen molar-refractivity contribution in [3.05, 3.63) is 0 Å². The van der Waals surface area contributed by atoms with Crippen LogP contribution in [0.5, 0.6) is 0 Å². The number of likely N-dealkylation sites (N-methyl/N-ethyl adjacent to an activating group) is 2. The monoisotopic (exact) mass is 428 g/mol. The van der Waals surface area contributed by atoms with Gasteiger partial charge in [-0.15, -0.1) is 0 Å². The lowest BCUT2D eigenvalue weighted by Gasteiger charge is -2.35. The second-order valence-corrected chi connectivity index (χ2v) is 4.99. The fourth-order valence-electron chi connectivity index (χ4n) is 1.08. The molecule has 2 nitrogen and oxygen atoms in total. The van der Waals surface area contributed by atoms with Gasteiger partial charge in [-0.05, 0) is 13.8 Å². The molecule has 0 aliphatic carbocycles. The van der Waals surface area contributed by atoms with E-state index in [2.05, 4.69) is 42.0 Å². The van der Waals surface area contributed by atoms with Gasteiger partial charge in [-0.3, -0.25) is 0 Å². The van der Waals surface area contributed by atoms with Gasteiger partial charge < -0.3 is 56.9 Å². The van der Waals surface area contributed by atoms with Gasteiger partial charge in [-0.2, -0.15) is 0 Å². The van der Waals surface area contributed by atoms with Gasteiger partial charge in [0.15, 0.2) is 0 Å². The number of rotatable bonds is 5. The molecule has 0 spiro atoms. The molecule has 4 heteroatoms. The summed E-state index contributed by atoms with van der Waals surface area (Å²) in [5, 5.41) is 0. The van der Waals surface area contributed by atoms with Gasteiger partial charge >= 0.3 is 0 Å². The number of quaternary nitrogens is 2. The fraction of sp³-hybridized carbons (Fsp3) is 1.00. The minimum atomic E-state index is 0. The van der Waals surface area contributed by atoms with Crippen molar-refractivity contribution in [2.24, 2.45) is 0 Å². The first-order chi connectivity index (χ1) is 5.33. The predicted octanol–water partition coefficient (Wildman–Crippen LogP) is -4.81. The highest BCUT2D eigenvalue weighted by atomic mass is 127. The summed E-state index contributed by atoms with van der Waals surface area (Å²) in [4.78, 5) is 0. The van der Waals surface area contributed by atoms with Crippen molar-refractivity contribution in [1.82, 2.24) is 0 Å². The van der Waals surface area contributed by atoms with Crippen LogP contribution in [-0.2, 0) is 0 Å². The minimum absolute atomic E-state index is 0. The van der Waals surface area contributed by atoms with E-state index in [1.165, 1.54) is 30.7 Å². The van der Waals surface area contributed by atoms with Gasteiger partial charge in [0.1, 0.15) is 13.1 Å². The van der Waals surface area contributed by atoms with Gasteiger partial charge in [0, 0.05) is 0 Å². The first-order valence-electron chi connectivity index (χ1n) is 4.97. The molecule has 0 aliphatic heterocycles. The zero-order valence-corrected chi connectivity index (χ0v) is 14.8. The zero-order chi connectivity index (χ0) is 9.83. The van der Waals surface area contributed by atoms with Crippen molar-refractivity contribution >= 4 is 0 Å². The van der Waals surface area contributed by atoms with Crippen LogP contribution in [0.25, 0.3) is 0 Å². The summed E-state index contributed by atoms with van der Waals surface area (Å²) < 4.78 is 2.28. The number of halogens is 2. The summed E-state index contributed by atoms with van der Waals surface area (Å²) >= 11 is 0. The zero-order valence-electron chi connectivity index (χ0n) is 10.5. The maximum Gasteiger partial charge on any atom is 0.128 e. The maximum absolute atomic E-state index is 2.34. The van der Waals surface area contributed by atoms with Crippen molar-refractivity contribution in [3.63, 3.8) is 0 Å². The Morgan fingerprint density at radius 2 is 1.07 bits per heavy atom. The molecule has 0 radical (unpaired) electrons. The molecule has 0 N–H and O–H groups in total. The molecule has 0 aromatic heterocycles. The smallest absolute Gasteiger partial charge is 0.128 e. The third-order valence-electron chi connectivity index (χ3n) is 2.84. The molecule has 0 fully saturated rings. The molecule has 0 heterocycles. The molecule has 0 atom stereocenters. The highest BCUT2D eigenvalue weighted by molar-refractivity contribution is 4.33. The molecule has 0 rings (SSSR count). The van der Waals surface area contributed by atoms with Gasteiger partial charge in [0.25, 0.3) is 0 Å². The number of nitrogens with zero attached hydrogens (tertiary/aromatic N) is 2. The van der Waals surface area contributed by atoms with Crippen molar-refractivity contribution in [2.45, 2.75) is 13.8 Å². The van der Waals surface area contributed by atoms with Gasteiger partial charge in [-0.1, -0.05) is 0 Å². The quantitative estimate of drug-likeness (QED) is 0.305. The van der Waals surface area contributed by atoms with Crippen molar-refractivity contribution < 1.29 is 56.9 Å². The summed E-state index contributed by atoms with van der Waals surface area (Å²) in [5.41, 5.74) is 0. The molecule has 0 amide bonds. The molecule has 0 saturated heterocycles. The summed E-state index contributed by atoms with van der Waals surface area (Å²) in [6.07, 6.45) is 0. The lowest BCUT2D eigenvalue weighted by atomic mass is 10.3. The Morgan fingerprint density at radius 1 is 0.714 bits per heavy atom. The van der Waals surface area contributed by atoms with Gasteiger partial charge in [0.2, 0.25) is 0 Å². The lowest BCUT2D eigenvalue weighted by Crippen LogP contribution is -3.00. The van der Waals surface area contributed by atoms with Gasteiger partial charge in [-0.25, -0.2) is 0 Å². The van der Waals surface area contributed by atoms with E-state index in [1.54, 1.807) is 0 Å². The van der Waals surface area contributed by atoms with Crippen LogP contribution in [0.1, 0.15) is 13.8 Å². The summed E-state index contributed by atoms with van der Waals surface area (Å²) in [6.45, 7) is 9.60. The highest BCUT2D eigenvalue weighted by Gasteiger charge is 2.20. The average Bonchev–Trinajstić information content (AvgIpc) is 1.99. The van der Waals surface area contributed by atoms with Crippen LogP contribution >= 0.6 is 0 Å². The Balaban J connectivity index is -0.000000605. The Kier molecular flexibility index (Phi) is 12.6. The molecule has 0 aromatic carbocycles. The van der Waals surface area contributed by atoms with Crippen LogP contribution in [0, 0.1) is 0 Å². The number of hydrogen-bond acceptors (Lipinski definition) is 0. The predicted molar refractivity (Wildman–Crippen MR) is 55.0 cm³/mol. The average molecular weight is 428 g/mol. The van der Waals surface area contributed by atoms with E-state index in [9.17, 15) is 0 Å². The second kappa shape index (κ2) is 8.52. The summed E-state index contributed by atoms with van der Waals surface area (Å²) in [6, 6.07) is 0. The Bertz CT molecular complexity index is 129. The standard InChI is InChI=1S/C10H26N2.2HI/c1-7-12(6,8-2)10-9-11(3,4)5;;/h7-10H2,1-6H3;2*1H/q+2;;/p-2. The van der Waals surface area contributed by atoms with E-state index in [0.717, 1.165) is 4.48 Å². The largest absolute Gasteiger partial charge is 1.00 e. The molecule has 0 bridgehead atoms. The van der Waals surface area contributed by atoms with Crippen molar-refractivity contribution in [1.29, 1.82) is 0 Å². The third-order valence-corrected chi connectivity index (χ3v) is 2.84. The van der Waals surface area contributed by atoms with Crippen molar-refractivity contribution in [2.75, 3.05) is 54.4 Å². The Labute approximate surface area is 124 Å². The van der Waals surface area contributed by atoms with E-state index < -0.39 is 0 Å². The van der Waals surface area contributed by atoms with Crippen molar-refractivity contribution in [3.8, 4) is 0 Å². The molecule has 0 aliphatic rings. The highest BCUT2D eigenvalue weighted by Crippen LogP contribution is 2.02. The van der Waals surface area contributed by atoms with E-state index in [-0.39, 0.29) is 48.0 Å². The van der Waals surface area contributed by atoms with E-state index in [4.69, 9.17) is 0 Å². The number of hydrogen-bond donors (Lipinski definition) is 0. The van der Waals surface area contributed by atoms with Crippen LogP contribution in [-0.4, -0.2) is 63.3 Å². The topological polar surface area (TPSA) is 0 Å². The van der Waals surface area contributed by atoms with Crippen LogP contribution in [0.4, 0.5) is 0 Å². The SMILES string of the molecule is CC[N+](C)(CC)CC[N+](C)(C)C.[I-].[I-]. The first-order valence-corrected chi connectivity index (χ1v) is 4.97. The molecule has 0 unspecified atom stereocenters. The van der Waals surface area contributed by atoms with Crippen LogP contribution in [0.15, 0.2) is 0 Å². The molecule has 0 aromatic rings. The molecular formula is C10H26I2N2. The third kappa shape index (κ3) is 9.92. The Hall–Kier alpha value is 1.38. The lowest BCUT2D eigenvalue weighted by molar-refractivity contribution is -0.946. The molecular weight excluding hydrogens is 402 g/mol. The second-order valence-electron chi connectivity index (χ2n) is 4.99. The minimum Gasteiger partial charge on any atom is -1.00 e. The molecule has 14 heavy (non-hydrogen) atoms. The summed E-state index contributed by atoms with van der Waals surface area (Å²) in [7, 11) is 9.12. The van der Waals surface area contributed by atoms with Gasteiger partial charge in [0.05, 0.1) is 41.3 Å². The molecule has 0 saturated carbocycles. The molecule has 90 valence electrons. The van der Waals surface area contributed by atoms with E-state index in [0.29, 0.717) is 0 Å². The normalized spacial score (nSPS) is 11.6. The van der Waals surface area contributed by atoms with Crippen LogP contribution < -0.4 is 48.0 Å². The van der Waals surface area contributed by atoms with Crippen LogP contribution in [0.3, 0.4) is 0 Å². The maximum atomic E-state index is 2.34. The van der Waals surface area contributed by atoms with E-state index >= 15 is 0 Å².